The molecule has 1 atom stereocenters. The van der Waals surface area contributed by atoms with Gasteiger partial charge >= 0.3 is 11.9 Å². The fourth-order valence-corrected chi connectivity index (χ4v) is 7.95. The van der Waals surface area contributed by atoms with E-state index in [0.29, 0.717) is 19.4 Å². The minimum Gasteiger partial charge on any atom is -0.462 e. The third-order valence-corrected chi connectivity index (χ3v) is 12.2. The average Bonchev–Trinajstić information content (AvgIpc) is 3.32. The lowest BCUT2D eigenvalue weighted by atomic mass is 10.0. The summed E-state index contributed by atoms with van der Waals surface area (Å²) in [5.41, 5.74) is 0. The van der Waals surface area contributed by atoms with Gasteiger partial charge in [0.15, 0.2) is 6.10 Å². The molecule has 0 heterocycles. The van der Waals surface area contributed by atoms with E-state index >= 15 is 0 Å². The van der Waals surface area contributed by atoms with Crippen molar-refractivity contribution in [3.8, 4) is 0 Å². The van der Waals surface area contributed by atoms with Crippen LogP contribution in [0.5, 0.6) is 0 Å². The number of hydrogen-bond donors (Lipinski definition) is 0. The van der Waals surface area contributed by atoms with Crippen LogP contribution < -0.4 is 0 Å². The Morgan fingerprint density at radius 1 is 0.333 bits per heavy atom. The Balaban J connectivity index is 4.38. The van der Waals surface area contributed by atoms with Crippen molar-refractivity contribution < 1.29 is 23.8 Å². The van der Waals surface area contributed by atoms with Crippen LogP contribution in [0.25, 0.3) is 0 Å². The number of carbonyl (C=O) groups excluding carboxylic acids is 2. The Hall–Kier alpha value is -2.66. The van der Waals surface area contributed by atoms with Crippen LogP contribution in [0.3, 0.4) is 0 Å². The molecular formula is C61H108O5. The van der Waals surface area contributed by atoms with Gasteiger partial charge in [0.05, 0.1) is 6.61 Å². The molecule has 382 valence electrons. The normalized spacial score (nSPS) is 12.7. The van der Waals surface area contributed by atoms with E-state index in [1.54, 1.807) is 0 Å². The Labute approximate surface area is 410 Å². The molecule has 66 heavy (non-hydrogen) atoms. The molecule has 5 nitrogen and oxygen atoms in total. The number of unbranched alkanes of at least 4 members (excludes halogenated alkanes) is 29. The van der Waals surface area contributed by atoms with E-state index in [1.165, 1.54) is 161 Å². The molecule has 0 amide bonds. The molecule has 0 N–H and O–H groups in total. The predicted molar refractivity (Wildman–Crippen MR) is 288 cm³/mol. The van der Waals surface area contributed by atoms with E-state index in [2.05, 4.69) is 93.7 Å². The number of ether oxygens (including phenoxy) is 3. The van der Waals surface area contributed by atoms with Gasteiger partial charge in [-0.1, -0.05) is 248 Å². The van der Waals surface area contributed by atoms with Crippen LogP contribution in [0.15, 0.2) is 72.9 Å². The summed E-state index contributed by atoms with van der Waals surface area (Å²) in [7, 11) is 0. The highest BCUT2D eigenvalue weighted by Crippen LogP contribution is 2.15. The monoisotopic (exact) mass is 921 g/mol. The van der Waals surface area contributed by atoms with Gasteiger partial charge in [0.1, 0.15) is 6.61 Å². The molecule has 0 aliphatic heterocycles. The highest BCUT2D eigenvalue weighted by atomic mass is 16.6. The zero-order valence-corrected chi connectivity index (χ0v) is 44.0. The molecule has 0 radical (unpaired) electrons. The Kier molecular flexibility index (Phi) is 54.4. The Morgan fingerprint density at radius 3 is 1.09 bits per heavy atom. The van der Waals surface area contributed by atoms with Crippen LogP contribution in [-0.2, 0) is 23.8 Å². The van der Waals surface area contributed by atoms with Crippen molar-refractivity contribution in [2.24, 2.45) is 0 Å². The fraction of sp³-hybridized carbons (Fsp3) is 0.770. The summed E-state index contributed by atoms with van der Waals surface area (Å²) in [6.07, 6.45) is 73.5. The highest BCUT2D eigenvalue weighted by molar-refractivity contribution is 5.70. The topological polar surface area (TPSA) is 61.8 Å². The summed E-state index contributed by atoms with van der Waals surface area (Å²) in [5.74, 6) is -0.474. The van der Waals surface area contributed by atoms with E-state index in [0.717, 1.165) is 83.5 Å². The van der Waals surface area contributed by atoms with Crippen LogP contribution >= 0.6 is 0 Å². The molecule has 0 aliphatic rings. The maximum absolute atomic E-state index is 12.8. The first-order valence-corrected chi connectivity index (χ1v) is 28.5. The van der Waals surface area contributed by atoms with Crippen LogP contribution in [0.1, 0.15) is 278 Å². The molecule has 0 fully saturated rings. The van der Waals surface area contributed by atoms with Crippen LogP contribution in [0.4, 0.5) is 0 Å². The summed E-state index contributed by atoms with van der Waals surface area (Å²) in [5, 5.41) is 0. The summed E-state index contributed by atoms with van der Waals surface area (Å²) < 4.78 is 17.4. The first-order valence-electron chi connectivity index (χ1n) is 28.5. The first-order chi connectivity index (χ1) is 32.6. The van der Waals surface area contributed by atoms with Gasteiger partial charge in [-0.15, -0.1) is 0 Å². The van der Waals surface area contributed by atoms with Gasteiger partial charge in [-0.2, -0.15) is 0 Å². The lowest BCUT2D eigenvalue weighted by Gasteiger charge is -2.18. The Morgan fingerprint density at radius 2 is 0.652 bits per heavy atom. The van der Waals surface area contributed by atoms with Gasteiger partial charge in [-0.05, 0) is 89.9 Å². The maximum Gasteiger partial charge on any atom is 0.306 e. The molecule has 0 aliphatic carbocycles. The standard InChI is InChI=1S/C61H108O5/c1-4-7-10-13-16-19-22-25-28-31-33-36-39-42-45-48-51-54-60(62)65-58-59(57-64-56-53-50-47-44-41-38-35-30-27-24-21-18-15-12-9-6-3)66-61(63)55-52-49-46-43-40-37-34-32-29-26-23-20-17-14-11-8-5-2/h16,19,25-26,28-29,33-34,36-37,43,46,59H,4-15,17-18,20-24,27,30-32,35,38-42,44-45,47-58H2,1-3H3/b19-16-,28-25-,29-26-,36-33-,37-34-,46-43-/t59-/m1/s1. The smallest absolute Gasteiger partial charge is 0.306 e. The minimum absolute atomic E-state index is 0.0541. The molecule has 0 aromatic rings. The van der Waals surface area contributed by atoms with E-state index in [1.807, 2.05) is 0 Å². The third-order valence-electron chi connectivity index (χ3n) is 12.2. The second kappa shape index (κ2) is 56.7. The van der Waals surface area contributed by atoms with Gasteiger partial charge in [0, 0.05) is 19.4 Å². The van der Waals surface area contributed by atoms with E-state index in [-0.39, 0.29) is 25.2 Å². The largest absolute Gasteiger partial charge is 0.462 e. The van der Waals surface area contributed by atoms with Crippen molar-refractivity contribution in [1.82, 2.24) is 0 Å². The van der Waals surface area contributed by atoms with Gasteiger partial charge in [-0.25, -0.2) is 0 Å². The van der Waals surface area contributed by atoms with Crippen molar-refractivity contribution >= 4 is 11.9 Å². The molecule has 0 bridgehead atoms. The zero-order valence-electron chi connectivity index (χ0n) is 44.0. The molecule has 0 rings (SSSR count). The van der Waals surface area contributed by atoms with Gasteiger partial charge in [0.25, 0.3) is 0 Å². The van der Waals surface area contributed by atoms with Crippen LogP contribution in [-0.4, -0.2) is 37.9 Å². The molecule has 0 spiro atoms. The molecule has 0 aromatic carbocycles. The second-order valence-corrected chi connectivity index (χ2v) is 18.8. The maximum atomic E-state index is 12.8. The lowest BCUT2D eigenvalue weighted by Crippen LogP contribution is -2.30. The molecule has 0 saturated carbocycles. The first kappa shape index (κ1) is 63.3. The van der Waals surface area contributed by atoms with Crippen molar-refractivity contribution in [3.05, 3.63) is 72.9 Å². The fourth-order valence-electron chi connectivity index (χ4n) is 7.95. The lowest BCUT2D eigenvalue weighted by molar-refractivity contribution is -0.162. The molecule has 5 heteroatoms. The SMILES string of the molecule is CCCCC/C=C\C/C=C\C/C=C\CCCCCCC(=O)OC[C@@H](COCCCCCCCCCCCCCCCCCC)OC(=O)CCC/C=C\C/C=C\C/C=C\CCCCCCCC. The summed E-state index contributed by atoms with van der Waals surface area (Å²) >= 11 is 0. The summed E-state index contributed by atoms with van der Waals surface area (Å²) in [4.78, 5) is 25.5. The van der Waals surface area contributed by atoms with E-state index in [9.17, 15) is 9.59 Å². The molecule has 0 saturated heterocycles. The third kappa shape index (κ3) is 54.0. The number of hydrogen-bond acceptors (Lipinski definition) is 5. The Bertz CT molecular complexity index is 1180. The quantitative estimate of drug-likeness (QED) is 0.0346. The van der Waals surface area contributed by atoms with Crippen molar-refractivity contribution in [2.45, 2.75) is 284 Å². The number of carbonyl (C=O) groups is 2. The minimum atomic E-state index is -0.573. The van der Waals surface area contributed by atoms with Crippen molar-refractivity contribution in [1.29, 1.82) is 0 Å². The number of esters is 2. The number of rotatable bonds is 52. The molecular weight excluding hydrogens is 813 g/mol. The summed E-state index contributed by atoms with van der Waals surface area (Å²) in [6, 6.07) is 0. The van der Waals surface area contributed by atoms with E-state index in [4.69, 9.17) is 14.2 Å². The second-order valence-electron chi connectivity index (χ2n) is 18.8. The van der Waals surface area contributed by atoms with E-state index < -0.39 is 6.10 Å². The van der Waals surface area contributed by atoms with Gasteiger partial charge in [0.2, 0.25) is 0 Å². The van der Waals surface area contributed by atoms with Crippen molar-refractivity contribution in [3.63, 3.8) is 0 Å². The number of allylic oxidation sites excluding steroid dienone is 12. The van der Waals surface area contributed by atoms with Crippen LogP contribution in [0, 0.1) is 0 Å². The molecule has 0 unspecified atom stereocenters. The summed E-state index contributed by atoms with van der Waals surface area (Å²) in [6.45, 7) is 7.75. The van der Waals surface area contributed by atoms with Gasteiger partial charge < -0.3 is 14.2 Å². The highest BCUT2D eigenvalue weighted by Gasteiger charge is 2.17. The van der Waals surface area contributed by atoms with Gasteiger partial charge in [-0.3, -0.25) is 9.59 Å². The van der Waals surface area contributed by atoms with Crippen molar-refractivity contribution in [2.75, 3.05) is 19.8 Å². The molecule has 0 aromatic heterocycles. The zero-order chi connectivity index (χ0) is 47.7. The average molecular weight is 922 g/mol. The predicted octanol–water partition coefficient (Wildman–Crippen LogP) is 19.5. The van der Waals surface area contributed by atoms with Crippen LogP contribution in [0.2, 0.25) is 0 Å².